The van der Waals surface area contributed by atoms with E-state index >= 15 is 0 Å². The van der Waals surface area contributed by atoms with Gasteiger partial charge in [0.25, 0.3) is 5.89 Å². The highest BCUT2D eigenvalue weighted by molar-refractivity contribution is 7.98. The molecule has 0 saturated heterocycles. The fourth-order valence-electron chi connectivity index (χ4n) is 2.20. The number of thioether (sulfide) groups is 1. The van der Waals surface area contributed by atoms with Crippen LogP contribution in [0.5, 0.6) is 0 Å². The summed E-state index contributed by atoms with van der Waals surface area (Å²) in [6.07, 6.45) is 3.18. The van der Waals surface area contributed by atoms with Crippen LogP contribution in [0.25, 0.3) is 21.9 Å². The van der Waals surface area contributed by atoms with Crippen LogP contribution in [0.1, 0.15) is 16.3 Å². The van der Waals surface area contributed by atoms with E-state index in [0.29, 0.717) is 23.3 Å². The van der Waals surface area contributed by atoms with E-state index in [-0.39, 0.29) is 0 Å². The van der Waals surface area contributed by atoms with E-state index in [4.69, 9.17) is 8.83 Å². The molecule has 4 aromatic rings. The Hall–Kier alpha value is -2.19. The van der Waals surface area contributed by atoms with E-state index < -0.39 is 0 Å². The fraction of sp³-hybridized carbons (Fsp3) is 0.200. The average Bonchev–Trinajstić information content (AvgIpc) is 3.27. The second-order valence-electron chi connectivity index (χ2n) is 4.91. The molecule has 0 fully saturated rings. The highest BCUT2D eigenvalue weighted by Crippen LogP contribution is 2.35. The first kappa shape index (κ1) is 14.4. The van der Waals surface area contributed by atoms with Crippen molar-refractivity contribution in [3.05, 3.63) is 41.1 Å². The van der Waals surface area contributed by atoms with Crippen molar-refractivity contribution in [2.75, 3.05) is 0 Å². The van der Waals surface area contributed by atoms with Crippen molar-refractivity contribution in [3.63, 3.8) is 0 Å². The number of hydrogen-bond donors (Lipinski definition) is 0. The molecule has 8 heteroatoms. The summed E-state index contributed by atoms with van der Waals surface area (Å²) in [5.41, 5.74) is 1.23. The summed E-state index contributed by atoms with van der Waals surface area (Å²) in [4.78, 5) is 11.0. The van der Waals surface area contributed by atoms with Crippen molar-refractivity contribution in [1.29, 1.82) is 0 Å². The zero-order valence-electron chi connectivity index (χ0n) is 12.4. The molecule has 4 heterocycles. The van der Waals surface area contributed by atoms with Gasteiger partial charge in [0.2, 0.25) is 5.89 Å². The van der Waals surface area contributed by atoms with Gasteiger partial charge in [0.15, 0.2) is 5.76 Å². The van der Waals surface area contributed by atoms with Gasteiger partial charge < -0.3 is 8.83 Å². The minimum Gasteiger partial charge on any atom is -0.459 e. The number of aromatic nitrogens is 4. The van der Waals surface area contributed by atoms with Crippen molar-refractivity contribution in [3.8, 4) is 11.7 Å². The summed E-state index contributed by atoms with van der Waals surface area (Å²) in [6.45, 7) is 4.20. The highest BCUT2D eigenvalue weighted by atomic mass is 32.2. The predicted molar refractivity (Wildman–Crippen MR) is 88.5 cm³/mol. The first-order valence-corrected chi connectivity index (χ1v) is 8.72. The van der Waals surface area contributed by atoms with Crippen molar-refractivity contribution in [2.24, 2.45) is 0 Å². The summed E-state index contributed by atoms with van der Waals surface area (Å²) < 4.78 is 10.9. The Morgan fingerprint density at radius 3 is 2.96 bits per heavy atom. The third-order valence-corrected chi connectivity index (χ3v) is 5.55. The Labute approximate surface area is 140 Å². The molecule has 23 heavy (non-hydrogen) atoms. The molecule has 116 valence electrons. The average molecular weight is 344 g/mol. The van der Waals surface area contributed by atoms with E-state index in [1.165, 1.54) is 10.4 Å². The maximum atomic E-state index is 5.62. The Morgan fingerprint density at radius 1 is 1.22 bits per heavy atom. The lowest BCUT2D eigenvalue weighted by molar-refractivity contribution is 0.494. The molecule has 0 aromatic carbocycles. The minimum absolute atomic E-state index is 0.390. The van der Waals surface area contributed by atoms with Gasteiger partial charge in [-0.2, -0.15) is 0 Å². The summed E-state index contributed by atoms with van der Waals surface area (Å²) in [5.74, 6) is 2.05. The second kappa shape index (κ2) is 5.78. The van der Waals surface area contributed by atoms with Crippen molar-refractivity contribution >= 4 is 33.3 Å². The monoisotopic (exact) mass is 344 g/mol. The normalized spacial score (nSPS) is 11.4. The third-order valence-electron chi connectivity index (χ3n) is 3.46. The standard InChI is InChI=1S/C15H12N4O2S2/c1-8-9(2)23-15-12(8)14(16-7-17-15)22-6-11-18-19-13(21-11)10-4-3-5-20-10/h3-5,7H,6H2,1-2H3. The van der Waals surface area contributed by atoms with Gasteiger partial charge in [-0.05, 0) is 31.5 Å². The SMILES string of the molecule is Cc1sc2ncnc(SCc3nnc(-c4ccco4)o3)c2c1C. The Balaban J connectivity index is 1.58. The molecule has 4 rings (SSSR count). The largest absolute Gasteiger partial charge is 0.459 e. The van der Waals surface area contributed by atoms with Gasteiger partial charge in [-0.15, -0.1) is 21.5 Å². The first-order valence-electron chi connectivity index (χ1n) is 6.92. The summed E-state index contributed by atoms with van der Waals surface area (Å²) in [7, 11) is 0. The molecule has 0 spiro atoms. The van der Waals surface area contributed by atoms with Crippen LogP contribution < -0.4 is 0 Å². The van der Waals surface area contributed by atoms with Crippen LogP contribution >= 0.6 is 23.1 Å². The van der Waals surface area contributed by atoms with Crippen LogP contribution in [0.15, 0.2) is 38.6 Å². The molecule has 0 aliphatic carbocycles. The van der Waals surface area contributed by atoms with E-state index in [2.05, 4.69) is 34.0 Å². The quantitative estimate of drug-likeness (QED) is 0.404. The van der Waals surface area contributed by atoms with Gasteiger partial charge in [0.05, 0.1) is 12.0 Å². The van der Waals surface area contributed by atoms with Gasteiger partial charge in [0.1, 0.15) is 16.2 Å². The Bertz CT molecular complexity index is 959. The molecule has 0 radical (unpaired) electrons. The zero-order valence-corrected chi connectivity index (χ0v) is 14.1. The first-order chi connectivity index (χ1) is 11.2. The molecule has 0 N–H and O–H groups in total. The van der Waals surface area contributed by atoms with Crippen molar-refractivity contribution < 1.29 is 8.83 Å². The number of nitrogens with zero attached hydrogens (tertiary/aromatic N) is 4. The molecular weight excluding hydrogens is 332 g/mol. The highest BCUT2D eigenvalue weighted by Gasteiger charge is 2.15. The lowest BCUT2D eigenvalue weighted by atomic mass is 10.2. The van der Waals surface area contributed by atoms with Crippen LogP contribution in [0.4, 0.5) is 0 Å². The third kappa shape index (κ3) is 2.64. The fourth-order valence-corrected chi connectivity index (χ4v) is 4.16. The minimum atomic E-state index is 0.390. The number of fused-ring (bicyclic) bond motifs is 1. The van der Waals surface area contributed by atoms with E-state index in [9.17, 15) is 0 Å². The van der Waals surface area contributed by atoms with E-state index in [1.807, 2.05) is 0 Å². The number of furan rings is 1. The molecule has 0 saturated carbocycles. The van der Waals surface area contributed by atoms with Crippen LogP contribution in [0, 0.1) is 13.8 Å². The molecule has 0 bridgehead atoms. The molecule has 6 nitrogen and oxygen atoms in total. The van der Waals surface area contributed by atoms with Crippen molar-refractivity contribution in [2.45, 2.75) is 24.6 Å². The van der Waals surface area contributed by atoms with Gasteiger partial charge in [-0.3, -0.25) is 0 Å². The number of aryl methyl sites for hydroxylation is 2. The molecule has 0 aliphatic rings. The molecule has 0 amide bonds. The van der Waals surface area contributed by atoms with Crippen LogP contribution in [0.3, 0.4) is 0 Å². The Kier molecular flexibility index (Phi) is 3.62. The molecule has 0 atom stereocenters. The van der Waals surface area contributed by atoms with Crippen molar-refractivity contribution in [1.82, 2.24) is 20.2 Å². The number of hydrogen-bond acceptors (Lipinski definition) is 8. The second-order valence-corrected chi connectivity index (χ2v) is 7.08. The molecule has 0 unspecified atom stereocenters. The molecule has 0 aliphatic heterocycles. The summed E-state index contributed by atoms with van der Waals surface area (Å²) in [5, 5.41) is 10.1. The summed E-state index contributed by atoms with van der Waals surface area (Å²) >= 11 is 3.26. The lowest BCUT2D eigenvalue weighted by Gasteiger charge is -2.00. The smallest absolute Gasteiger partial charge is 0.283 e. The topological polar surface area (TPSA) is 77.8 Å². The van der Waals surface area contributed by atoms with Gasteiger partial charge in [-0.25, -0.2) is 9.97 Å². The number of rotatable bonds is 4. The zero-order chi connectivity index (χ0) is 15.8. The van der Waals surface area contributed by atoms with Gasteiger partial charge in [-0.1, -0.05) is 11.8 Å². The molecular formula is C15H12N4O2S2. The maximum absolute atomic E-state index is 5.62. The summed E-state index contributed by atoms with van der Waals surface area (Å²) in [6, 6.07) is 3.57. The van der Waals surface area contributed by atoms with Crippen LogP contribution in [0.2, 0.25) is 0 Å². The van der Waals surface area contributed by atoms with Gasteiger partial charge in [0, 0.05) is 10.3 Å². The van der Waals surface area contributed by atoms with E-state index in [1.54, 1.807) is 47.8 Å². The number of thiophene rings is 1. The maximum Gasteiger partial charge on any atom is 0.283 e. The lowest BCUT2D eigenvalue weighted by Crippen LogP contribution is -1.87. The van der Waals surface area contributed by atoms with Crippen LogP contribution in [-0.4, -0.2) is 20.2 Å². The predicted octanol–water partition coefficient (Wildman–Crippen LogP) is 4.24. The van der Waals surface area contributed by atoms with Crippen LogP contribution in [-0.2, 0) is 5.75 Å². The van der Waals surface area contributed by atoms with E-state index in [0.717, 1.165) is 15.2 Å². The molecule has 4 aromatic heterocycles. The Morgan fingerprint density at radius 2 is 2.13 bits per heavy atom. The van der Waals surface area contributed by atoms with Gasteiger partial charge >= 0.3 is 0 Å².